The summed E-state index contributed by atoms with van der Waals surface area (Å²) in [6.07, 6.45) is 3.57. The molecule has 0 heterocycles. The van der Waals surface area contributed by atoms with Crippen molar-refractivity contribution in [3.63, 3.8) is 0 Å². The Morgan fingerprint density at radius 1 is 1.50 bits per heavy atom. The maximum absolute atomic E-state index is 11.7. The third-order valence-corrected chi connectivity index (χ3v) is 4.37. The molecular formula is C9H13O4S-. The molecule has 0 N–H and O–H groups in total. The molecule has 4 nitrogen and oxygen atoms in total. The smallest absolute Gasteiger partial charge is 0.140 e. The number of rotatable bonds is 2. The number of Topliss-reactive ketones (excluding diaryl/α,β-unsaturated/α-hetero) is 1. The second-order valence-electron chi connectivity index (χ2n) is 4.57. The maximum Gasteiger partial charge on any atom is 0.140 e. The Bertz CT molecular complexity index is 359. The van der Waals surface area contributed by atoms with E-state index in [-0.39, 0.29) is 5.78 Å². The van der Waals surface area contributed by atoms with Crippen molar-refractivity contribution in [1.29, 1.82) is 0 Å². The van der Waals surface area contributed by atoms with Crippen LogP contribution in [0.1, 0.15) is 32.1 Å². The summed E-state index contributed by atoms with van der Waals surface area (Å²) in [4.78, 5) is 11.7. The largest absolute Gasteiger partial charge is 0.748 e. The third-order valence-electron chi connectivity index (χ3n) is 3.47. The van der Waals surface area contributed by atoms with E-state index in [1.807, 2.05) is 0 Å². The van der Waals surface area contributed by atoms with Crippen molar-refractivity contribution in [1.82, 2.24) is 0 Å². The number of carbonyl (C=O) groups excluding carboxylic acids is 1. The van der Waals surface area contributed by atoms with Gasteiger partial charge in [-0.3, -0.25) is 4.79 Å². The van der Waals surface area contributed by atoms with Gasteiger partial charge in [0.1, 0.15) is 5.78 Å². The minimum absolute atomic E-state index is 0.000532. The van der Waals surface area contributed by atoms with Gasteiger partial charge < -0.3 is 4.55 Å². The summed E-state index contributed by atoms with van der Waals surface area (Å²) < 4.78 is 32.2. The zero-order valence-electron chi connectivity index (χ0n) is 7.86. The van der Waals surface area contributed by atoms with Gasteiger partial charge in [-0.05, 0) is 25.2 Å². The van der Waals surface area contributed by atoms with Crippen LogP contribution in [0.25, 0.3) is 0 Å². The molecule has 0 aromatic carbocycles. The predicted molar refractivity (Wildman–Crippen MR) is 48.6 cm³/mol. The van der Waals surface area contributed by atoms with Crippen molar-refractivity contribution < 1.29 is 17.8 Å². The molecular weight excluding hydrogens is 204 g/mol. The molecule has 80 valence electrons. The quantitative estimate of drug-likeness (QED) is 0.637. The molecule has 2 saturated carbocycles. The highest BCUT2D eigenvalue weighted by atomic mass is 32.2. The lowest BCUT2D eigenvalue weighted by Gasteiger charge is -2.32. The predicted octanol–water partition coefficient (Wildman–Crippen LogP) is 0.681. The average Bonchev–Trinajstić information content (AvgIpc) is 2.19. The first-order valence-electron chi connectivity index (χ1n) is 4.88. The first kappa shape index (κ1) is 10.1. The lowest BCUT2D eigenvalue weighted by molar-refractivity contribution is -0.125. The van der Waals surface area contributed by atoms with Crippen LogP contribution in [0.5, 0.6) is 0 Å². The van der Waals surface area contributed by atoms with Crippen LogP contribution in [0.2, 0.25) is 0 Å². The highest BCUT2D eigenvalue weighted by Gasteiger charge is 2.49. The van der Waals surface area contributed by atoms with Gasteiger partial charge in [-0.25, -0.2) is 8.42 Å². The van der Waals surface area contributed by atoms with Crippen molar-refractivity contribution in [2.75, 3.05) is 5.75 Å². The SMILES string of the molecule is O=C1CC2CCCC1(CS(=O)(=O)[O-])C2. The first-order chi connectivity index (χ1) is 6.41. The molecule has 2 unspecified atom stereocenters. The zero-order valence-corrected chi connectivity index (χ0v) is 8.68. The van der Waals surface area contributed by atoms with E-state index in [9.17, 15) is 17.8 Å². The molecule has 2 rings (SSSR count). The van der Waals surface area contributed by atoms with Crippen LogP contribution >= 0.6 is 0 Å². The summed E-state index contributed by atoms with van der Waals surface area (Å²) in [5, 5.41) is 0. The summed E-state index contributed by atoms with van der Waals surface area (Å²) in [5.74, 6) is -0.146. The minimum Gasteiger partial charge on any atom is -0.748 e. The zero-order chi connectivity index (χ0) is 10.4. The van der Waals surface area contributed by atoms with Crippen LogP contribution < -0.4 is 0 Å². The fourth-order valence-corrected chi connectivity index (χ4v) is 4.04. The summed E-state index contributed by atoms with van der Waals surface area (Å²) in [6.45, 7) is 0. The third kappa shape index (κ3) is 1.70. The maximum atomic E-state index is 11.7. The van der Waals surface area contributed by atoms with Gasteiger partial charge in [0, 0.05) is 11.8 Å². The van der Waals surface area contributed by atoms with Gasteiger partial charge in [-0.15, -0.1) is 0 Å². The van der Waals surface area contributed by atoms with Crippen LogP contribution in [0.3, 0.4) is 0 Å². The van der Waals surface area contributed by atoms with Crippen LogP contribution in [0.15, 0.2) is 0 Å². The number of carbonyl (C=O) groups is 1. The van der Waals surface area contributed by atoms with Gasteiger partial charge in [0.05, 0.1) is 15.9 Å². The molecule has 5 heteroatoms. The molecule has 2 aliphatic rings. The second-order valence-corrected chi connectivity index (χ2v) is 5.98. The molecule has 2 fully saturated rings. The topological polar surface area (TPSA) is 74.3 Å². The summed E-state index contributed by atoms with van der Waals surface area (Å²) in [7, 11) is -4.27. The highest BCUT2D eigenvalue weighted by molar-refractivity contribution is 7.85. The molecule has 0 spiro atoms. The fraction of sp³-hybridized carbons (Fsp3) is 0.889. The molecule has 0 saturated heterocycles. The second kappa shape index (κ2) is 3.03. The lowest BCUT2D eigenvalue weighted by atomic mass is 9.77. The van der Waals surface area contributed by atoms with Crippen molar-refractivity contribution in [2.45, 2.75) is 32.1 Å². The molecule has 0 aromatic heterocycles. The Morgan fingerprint density at radius 3 is 2.86 bits per heavy atom. The Morgan fingerprint density at radius 2 is 2.21 bits per heavy atom. The Kier molecular flexibility index (Phi) is 2.19. The van der Waals surface area contributed by atoms with E-state index in [2.05, 4.69) is 0 Å². The molecule has 2 aliphatic carbocycles. The monoisotopic (exact) mass is 217 g/mol. The first-order valence-corrected chi connectivity index (χ1v) is 6.46. The number of ketones is 1. The lowest BCUT2D eigenvalue weighted by Crippen LogP contribution is -2.35. The van der Waals surface area contributed by atoms with Gasteiger partial charge in [-0.2, -0.15) is 0 Å². The van der Waals surface area contributed by atoms with Crippen LogP contribution in [0, 0.1) is 11.3 Å². The summed E-state index contributed by atoms with van der Waals surface area (Å²) >= 11 is 0. The number of fused-ring (bicyclic) bond motifs is 2. The number of hydrogen-bond acceptors (Lipinski definition) is 4. The van der Waals surface area contributed by atoms with E-state index in [0.717, 1.165) is 12.8 Å². The molecule has 0 aromatic rings. The van der Waals surface area contributed by atoms with Crippen molar-refractivity contribution in [3.8, 4) is 0 Å². The Hall–Kier alpha value is -0.420. The van der Waals surface area contributed by atoms with Gasteiger partial charge in [0.2, 0.25) is 0 Å². The average molecular weight is 217 g/mol. The standard InChI is InChI=1S/C9H14O4S/c10-8-4-7-2-1-3-9(8,5-7)6-14(11,12)13/h7H,1-6H2,(H,11,12,13)/p-1. The Balaban J connectivity index is 2.26. The van der Waals surface area contributed by atoms with Crippen LogP contribution in [-0.2, 0) is 14.9 Å². The van der Waals surface area contributed by atoms with E-state index in [0.29, 0.717) is 25.2 Å². The van der Waals surface area contributed by atoms with E-state index < -0.39 is 21.3 Å². The normalized spacial score (nSPS) is 37.5. The Labute approximate surface area is 83.4 Å². The van der Waals surface area contributed by atoms with E-state index >= 15 is 0 Å². The molecule has 0 amide bonds. The van der Waals surface area contributed by atoms with Gasteiger partial charge in [0.15, 0.2) is 0 Å². The minimum atomic E-state index is -4.27. The summed E-state index contributed by atoms with van der Waals surface area (Å²) in [5.41, 5.74) is -0.802. The van der Waals surface area contributed by atoms with Gasteiger partial charge in [-0.1, -0.05) is 6.42 Å². The van der Waals surface area contributed by atoms with E-state index in [4.69, 9.17) is 0 Å². The highest BCUT2D eigenvalue weighted by Crippen LogP contribution is 2.49. The number of hydrogen-bond donors (Lipinski definition) is 0. The van der Waals surface area contributed by atoms with Crippen molar-refractivity contribution in [3.05, 3.63) is 0 Å². The summed E-state index contributed by atoms with van der Waals surface area (Å²) in [6, 6.07) is 0. The fourth-order valence-electron chi connectivity index (χ4n) is 2.94. The van der Waals surface area contributed by atoms with Gasteiger partial charge >= 0.3 is 0 Å². The van der Waals surface area contributed by atoms with E-state index in [1.54, 1.807) is 0 Å². The molecule has 0 radical (unpaired) electrons. The molecule has 0 aliphatic heterocycles. The van der Waals surface area contributed by atoms with Crippen LogP contribution in [-0.4, -0.2) is 24.5 Å². The molecule has 14 heavy (non-hydrogen) atoms. The molecule has 2 atom stereocenters. The molecule has 2 bridgehead atoms. The van der Waals surface area contributed by atoms with Crippen molar-refractivity contribution in [2.24, 2.45) is 11.3 Å². The van der Waals surface area contributed by atoms with Crippen LogP contribution in [0.4, 0.5) is 0 Å². The van der Waals surface area contributed by atoms with E-state index in [1.165, 1.54) is 0 Å². The van der Waals surface area contributed by atoms with Crippen molar-refractivity contribution >= 4 is 15.9 Å². The van der Waals surface area contributed by atoms with Gasteiger partial charge in [0.25, 0.3) is 0 Å².